The third kappa shape index (κ3) is 2.46. The van der Waals surface area contributed by atoms with Crippen LogP contribution in [0.3, 0.4) is 0 Å². The van der Waals surface area contributed by atoms with Crippen molar-refractivity contribution in [1.29, 1.82) is 0 Å². The molecule has 1 heterocycles. The van der Waals surface area contributed by atoms with Crippen molar-refractivity contribution in [1.82, 2.24) is 0 Å². The largest absolute Gasteiger partial charge is 0.392 e. The summed E-state index contributed by atoms with van der Waals surface area (Å²) in [5.41, 5.74) is 7.98. The van der Waals surface area contributed by atoms with Crippen LogP contribution in [0.1, 0.15) is 0 Å². The van der Waals surface area contributed by atoms with Crippen LogP contribution in [0.2, 0.25) is 0 Å². The molecule has 11 heavy (non-hydrogen) atoms. The number of nitrogens with zero attached hydrogens (tertiary/aromatic N) is 3. The summed E-state index contributed by atoms with van der Waals surface area (Å²) in [5, 5.41) is 14.6. The van der Waals surface area contributed by atoms with Gasteiger partial charge in [0.25, 0.3) is 0 Å². The fourth-order valence-electron chi connectivity index (χ4n) is 0.874. The number of hydrogen-bond donors (Lipinski definition) is 1. The van der Waals surface area contributed by atoms with E-state index in [2.05, 4.69) is 10.0 Å². The first-order valence-corrected chi connectivity index (χ1v) is 4.36. The smallest absolute Gasteiger partial charge is 0.0667 e. The molecule has 0 fully saturated rings. The van der Waals surface area contributed by atoms with Crippen LogP contribution >= 0.6 is 11.8 Å². The summed E-state index contributed by atoms with van der Waals surface area (Å²) < 4.78 is 0. The molecule has 0 radical (unpaired) electrons. The van der Waals surface area contributed by atoms with Crippen LogP contribution < -0.4 is 0 Å². The molecule has 0 amide bonds. The van der Waals surface area contributed by atoms with Gasteiger partial charge in [-0.1, -0.05) is 11.2 Å². The molecule has 2 unspecified atom stereocenters. The Kier molecular flexibility index (Phi) is 3.29. The molecule has 0 saturated carbocycles. The van der Waals surface area contributed by atoms with E-state index in [0.717, 1.165) is 5.75 Å². The summed E-state index contributed by atoms with van der Waals surface area (Å²) in [5.74, 6) is 1.05. The maximum Gasteiger partial charge on any atom is 0.0667 e. The van der Waals surface area contributed by atoms with Gasteiger partial charge in [0, 0.05) is 16.6 Å². The van der Waals surface area contributed by atoms with Crippen molar-refractivity contribution in [3.63, 3.8) is 0 Å². The average Bonchev–Trinajstić information content (AvgIpc) is 2.52. The molecule has 4 nitrogen and oxygen atoms in total. The van der Waals surface area contributed by atoms with E-state index < -0.39 is 6.10 Å². The molecule has 1 N–H and O–H groups in total. The first kappa shape index (κ1) is 8.46. The molecule has 0 spiro atoms. The van der Waals surface area contributed by atoms with Gasteiger partial charge in [-0.2, -0.15) is 0 Å². The molecule has 0 aromatic carbocycles. The lowest BCUT2D eigenvalue weighted by molar-refractivity contribution is 0.149. The Morgan fingerprint density at radius 3 is 3.27 bits per heavy atom. The molecule has 5 heteroatoms. The maximum absolute atomic E-state index is 9.35. The van der Waals surface area contributed by atoms with Gasteiger partial charge in [0.1, 0.15) is 0 Å². The first-order chi connectivity index (χ1) is 5.34. The number of rotatable bonds is 3. The van der Waals surface area contributed by atoms with Gasteiger partial charge in [-0.3, -0.25) is 0 Å². The van der Waals surface area contributed by atoms with Gasteiger partial charge >= 0.3 is 0 Å². The quantitative estimate of drug-likeness (QED) is 0.397. The fourth-order valence-corrected chi connectivity index (χ4v) is 1.85. The van der Waals surface area contributed by atoms with Crippen LogP contribution in [-0.2, 0) is 0 Å². The number of azide groups is 1. The summed E-state index contributed by atoms with van der Waals surface area (Å²) in [7, 11) is 0. The maximum atomic E-state index is 9.35. The molecular weight excluding hydrogens is 162 g/mol. The van der Waals surface area contributed by atoms with Gasteiger partial charge in [0.2, 0.25) is 0 Å². The van der Waals surface area contributed by atoms with Crippen LogP contribution in [0, 0.1) is 5.92 Å². The zero-order valence-electron chi connectivity index (χ0n) is 5.92. The van der Waals surface area contributed by atoms with Crippen molar-refractivity contribution in [2.75, 3.05) is 12.3 Å². The summed E-state index contributed by atoms with van der Waals surface area (Å²) in [6.45, 7) is 0.173. The lowest BCUT2D eigenvalue weighted by atomic mass is 10.1. The molecule has 1 aliphatic heterocycles. The molecule has 1 rings (SSSR count). The molecule has 0 aliphatic carbocycles. The van der Waals surface area contributed by atoms with Crippen LogP contribution in [-0.4, -0.2) is 23.5 Å². The van der Waals surface area contributed by atoms with Gasteiger partial charge in [0.15, 0.2) is 0 Å². The average molecular weight is 171 g/mol. The third-order valence-electron chi connectivity index (χ3n) is 1.54. The van der Waals surface area contributed by atoms with Crippen molar-refractivity contribution < 1.29 is 5.11 Å². The molecule has 2 atom stereocenters. The molecule has 0 bridgehead atoms. The van der Waals surface area contributed by atoms with Crippen LogP contribution in [0.25, 0.3) is 10.4 Å². The highest BCUT2D eigenvalue weighted by atomic mass is 32.2. The normalized spacial score (nSPS) is 24.6. The minimum atomic E-state index is -0.517. The minimum Gasteiger partial charge on any atom is -0.392 e. The van der Waals surface area contributed by atoms with E-state index in [4.69, 9.17) is 5.53 Å². The van der Waals surface area contributed by atoms with Gasteiger partial charge in [-0.05, 0) is 10.9 Å². The van der Waals surface area contributed by atoms with E-state index in [9.17, 15) is 5.11 Å². The van der Waals surface area contributed by atoms with Crippen LogP contribution in [0.5, 0.6) is 0 Å². The summed E-state index contributed by atoms with van der Waals surface area (Å²) in [6, 6.07) is 0. The fraction of sp³-hybridized carbons (Fsp3) is 0.667. The van der Waals surface area contributed by atoms with Gasteiger partial charge < -0.3 is 5.11 Å². The van der Waals surface area contributed by atoms with E-state index >= 15 is 0 Å². The predicted octanol–water partition coefficient (Wildman–Crippen LogP) is 1.53. The van der Waals surface area contributed by atoms with E-state index in [-0.39, 0.29) is 12.5 Å². The van der Waals surface area contributed by atoms with E-state index in [1.807, 2.05) is 11.5 Å². The number of aliphatic hydroxyl groups is 1. The van der Waals surface area contributed by atoms with Crippen molar-refractivity contribution in [3.05, 3.63) is 21.9 Å². The zero-order chi connectivity index (χ0) is 8.10. The van der Waals surface area contributed by atoms with Crippen LogP contribution in [0.4, 0.5) is 0 Å². The number of thioether (sulfide) groups is 1. The van der Waals surface area contributed by atoms with Crippen molar-refractivity contribution in [2.24, 2.45) is 11.0 Å². The second kappa shape index (κ2) is 4.28. The minimum absolute atomic E-state index is 0.158. The van der Waals surface area contributed by atoms with E-state index in [0.29, 0.717) is 0 Å². The Morgan fingerprint density at radius 2 is 2.73 bits per heavy atom. The molecule has 1 aliphatic rings. The van der Waals surface area contributed by atoms with Gasteiger partial charge in [-0.15, -0.1) is 11.8 Å². The summed E-state index contributed by atoms with van der Waals surface area (Å²) >= 11 is 1.67. The van der Waals surface area contributed by atoms with Crippen LogP contribution in [0.15, 0.2) is 16.6 Å². The first-order valence-electron chi connectivity index (χ1n) is 3.32. The molecular formula is C6H9N3OS. The van der Waals surface area contributed by atoms with Gasteiger partial charge in [0.05, 0.1) is 12.6 Å². The van der Waals surface area contributed by atoms with E-state index in [1.165, 1.54) is 0 Å². The lowest BCUT2D eigenvalue weighted by Crippen LogP contribution is -2.21. The molecule has 0 aromatic rings. The highest BCUT2D eigenvalue weighted by molar-refractivity contribution is 8.02. The van der Waals surface area contributed by atoms with Crippen molar-refractivity contribution in [3.8, 4) is 0 Å². The predicted molar refractivity (Wildman–Crippen MR) is 45.1 cm³/mol. The monoisotopic (exact) mass is 171 g/mol. The molecule has 60 valence electrons. The number of hydrogen-bond acceptors (Lipinski definition) is 3. The second-order valence-electron chi connectivity index (χ2n) is 2.31. The Bertz CT molecular complexity index is 200. The Morgan fingerprint density at radius 1 is 1.91 bits per heavy atom. The highest BCUT2D eigenvalue weighted by Gasteiger charge is 2.18. The zero-order valence-corrected chi connectivity index (χ0v) is 6.74. The molecule has 0 saturated heterocycles. The Hall–Kier alpha value is -0.640. The molecule has 0 aromatic heterocycles. The SMILES string of the molecule is [N-]=[N+]=NCC(O)C1C=CSC1. The summed E-state index contributed by atoms with van der Waals surface area (Å²) in [4.78, 5) is 2.58. The third-order valence-corrected chi connectivity index (χ3v) is 2.46. The highest BCUT2D eigenvalue weighted by Crippen LogP contribution is 2.23. The van der Waals surface area contributed by atoms with Crippen molar-refractivity contribution >= 4 is 11.8 Å². The van der Waals surface area contributed by atoms with Crippen molar-refractivity contribution in [2.45, 2.75) is 6.10 Å². The lowest BCUT2D eigenvalue weighted by Gasteiger charge is -2.12. The number of aliphatic hydroxyl groups excluding tert-OH is 1. The topological polar surface area (TPSA) is 69.0 Å². The standard InChI is InChI=1S/C6H9N3OS/c7-9-8-3-6(10)5-1-2-11-4-5/h1-2,5-6,10H,3-4H2. The van der Waals surface area contributed by atoms with E-state index in [1.54, 1.807) is 11.8 Å². The Labute approximate surface area is 68.9 Å². The second-order valence-corrected chi connectivity index (χ2v) is 3.25. The Balaban J connectivity index is 2.34. The summed E-state index contributed by atoms with van der Waals surface area (Å²) in [6.07, 6.45) is 1.43. The van der Waals surface area contributed by atoms with Gasteiger partial charge in [-0.25, -0.2) is 0 Å².